The average Bonchev–Trinajstić information content (AvgIpc) is 2.69. The van der Waals surface area contributed by atoms with Crippen LogP contribution in [0.4, 0.5) is 4.79 Å². The highest BCUT2D eigenvalue weighted by Crippen LogP contribution is 2.19. The first-order chi connectivity index (χ1) is 6.75. The van der Waals surface area contributed by atoms with Crippen molar-refractivity contribution in [2.75, 3.05) is 0 Å². The zero-order chi connectivity index (χ0) is 9.97. The third-order valence-electron chi connectivity index (χ3n) is 1.53. The van der Waals surface area contributed by atoms with E-state index in [4.69, 9.17) is 5.11 Å². The molecule has 0 spiro atoms. The summed E-state index contributed by atoms with van der Waals surface area (Å²) in [5.74, 6) is 0.0775. The number of azo groups is 1. The second-order valence-electron chi connectivity index (χ2n) is 2.47. The Balaban J connectivity index is 2.28. The summed E-state index contributed by atoms with van der Waals surface area (Å²) in [7, 11) is 0. The topological polar surface area (TPSA) is 103 Å². The first-order valence-corrected chi connectivity index (χ1v) is 3.70. The van der Waals surface area contributed by atoms with E-state index < -0.39 is 6.09 Å². The molecule has 0 bridgehead atoms. The molecular formula is C7H5N5O2. The standard InChI is InChI=1S/C7H5N5O2/c13-7(14)10-6-1-5(11-12-6)4-2-8-9-3-4/h1-3H,(H,8,9)(H,13,14). The summed E-state index contributed by atoms with van der Waals surface area (Å²) in [6, 6.07) is 0. The number of aromatic amines is 1. The fourth-order valence-electron chi connectivity index (χ4n) is 0.970. The van der Waals surface area contributed by atoms with Gasteiger partial charge in [0.15, 0.2) is 5.84 Å². The third kappa shape index (κ3) is 1.56. The Morgan fingerprint density at radius 3 is 3.00 bits per heavy atom. The largest absolute Gasteiger partial charge is 0.463 e. The summed E-state index contributed by atoms with van der Waals surface area (Å²) < 4.78 is 0. The van der Waals surface area contributed by atoms with Crippen LogP contribution in [-0.2, 0) is 0 Å². The van der Waals surface area contributed by atoms with Gasteiger partial charge in [0.2, 0.25) is 0 Å². The minimum atomic E-state index is -1.29. The fraction of sp³-hybridized carbons (Fsp3) is 0. The van der Waals surface area contributed by atoms with E-state index in [1.54, 1.807) is 12.4 Å². The Hall–Kier alpha value is -2.31. The lowest BCUT2D eigenvalue weighted by Crippen LogP contribution is -1.91. The predicted molar refractivity (Wildman–Crippen MR) is 46.9 cm³/mol. The number of hydrogen-bond donors (Lipinski definition) is 2. The maximum Gasteiger partial charge on any atom is 0.433 e. The highest BCUT2D eigenvalue weighted by molar-refractivity contribution is 6.06. The van der Waals surface area contributed by atoms with Gasteiger partial charge >= 0.3 is 6.09 Å². The number of hydrogen-bond acceptors (Lipinski definition) is 3. The normalized spacial score (nSPS) is 17.4. The van der Waals surface area contributed by atoms with Crippen LogP contribution in [0.5, 0.6) is 0 Å². The van der Waals surface area contributed by atoms with Gasteiger partial charge in [0.1, 0.15) is 0 Å². The van der Waals surface area contributed by atoms with Crippen LogP contribution in [-0.4, -0.2) is 27.2 Å². The lowest BCUT2D eigenvalue weighted by atomic mass is 10.2. The van der Waals surface area contributed by atoms with Crippen LogP contribution in [0.15, 0.2) is 33.7 Å². The number of aliphatic imine (C=N–C) groups is 1. The van der Waals surface area contributed by atoms with E-state index in [9.17, 15) is 4.79 Å². The van der Waals surface area contributed by atoms with Crippen molar-refractivity contribution in [1.29, 1.82) is 0 Å². The lowest BCUT2D eigenvalue weighted by molar-refractivity contribution is 0.205. The molecule has 2 N–H and O–H groups in total. The summed E-state index contributed by atoms with van der Waals surface area (Å²) in [6.07, 6.45) is 3.38. The van der Waals surface area contributed by atoms with Gasteiger partial charge in [0.05, 0.1) is 11.9 Å². The van der Waals surface area contributed by atoms with Crippen molar-refractivity contribution in [2.24, 2.45) is 15.2 Å². The molecule has 70 valence electrons. The first kappa shape index (κ1) is 8.30. The molecule has 1 amide bonds. The van der Waals surface area contributed by atoms with Crippen molar-refractivity contribution in [3.63, 3.8) is 0 Å². The second-order valence-corrected chi connectivity index (χ2v) is 2.47. The van der Waals surface area contributed by atoms with Crippen LogP contribution in [0.1, 0.15) is 5.56 Å². The highest BCUT2D eigenvalue weighted by Gasteiger charge is 2.10. The molecule has 14 heavy (non-hydrogen) atoms. The van der Waals surface area contributed by atoms with Gasteiger partial charge in [-0.15, -0.1) is 10.2 Å². The number of nitrogens with zero attached hydrogens (tertiary/aromatic N) is 4. The van der Waals surface area contributed by atoms with E-state index >= 15 is 0 Å². The smallest absolute Gasteiger partial charge is 0.433 e. The minimum absolute atomic E-state index is 0.0775. The van der Waals surface area contributed by atoms with Crippen molar-refractivity contribution >= 4 is 17.6 Å². The molecule has 2 rings (SSSR count). The van der Waals surface area contributed by atoms with Gasteiger partial charge in [-0.05, 0) is 0 Å². The zero-order valence-electron chi connectivity index (χ0n) is 6.88. The van der Waals surface area contributed by atoms with E-state index in [0.29, 0.717) is 5.70 Å². The maximum absolute atomic E-state index is 10.2. The highest BCUT2D eigenvalue weighted by atomic mass is 16.4. The number of carboxylic acid groups (broad SMARTS) is 1. The molecule has 1 aliphatic rings. The van der Waals surface area contributed by atoms with Gasteiger partial charge in [-0.2, -0.15) is 10.1 Å². The molecule has 1 aromatic rings. The molecule has 7 nitrogen and oxygen atoms in total. The number of amidine groups is 1. The molecule has 0 unspecified atom stereocenters. The van der Waals surface area contributed by atoms with Crippen LogP contribution in [0.25, 0.3) is 5.70 Å². The average molecular weight is 191 g/mol. The van der Waals surface area contributed by atoms with E-state index in [2.05, 4.69) is 25.4 Å². The fourth-order valence-corrected chi connectivity index (χ4v) is 0.970. The third-order valence-corrected chi connectivity index (χ3v) is 1.53. The Kier molecular flexibility index (Phi) is 1.90. The van der Waals surface area contributed by atoms with Gasteiger partial charge in [0, 0.05) is 17.8 Å². The van der Waals surface area contributed by atoms with Crippen molar-refractivity contribution in [3.05, 3.63) is 24.0 Å². The summed E-state index contributed by atoms with van der Waals surface area (Å²) >= 11 is 0. The molecule has 2 heterocycles. The van der Waals surface area contributed by atoms with E-state index in [-0.39, 0.29) is 5.84 Å². The van der Waals surface area contributed by atoms with Crippen molar-refractivity contribution < 1.29 is 9.90 Å². The molecular weight excluding hydrogens is 186 g/mol. The van der Waals surface area contributed by atoms with Gasteiger partial charge < -0.3 is 5.11 Å². The van der Waals surface area contributed by atoms with Gasteiger partial charge in [-0.1, -0.05) is 0 Å². The zero-order valence-corrected chi connectivity index (χ0v) is 6.88. The van der Waals surface area contributed by atoms with Crippen molar-refractivity contribution in [2.45, 2.75) is 0 Å². The van der Waals surface area contributed by atoms with Crippen molar-refractivity contribution in [1.82, 2.24) is 10.2 Å². The molecule has 0 atom stereocenters. The Morgan fingerprint density at radius 2 is 2.36 bits per heavy atom. The number of carbonyl (C=O) groups is 1. The van der Waals surface area contributed by atoms with E-state index in [1.165, 1.54) is 6.08 Å². The first-order valence-electron chi connectivity index (χ1n) is 3.70. The monoisotopic (exact) mass is 191 g/mol. The molecule has 1 aliphatic heterocycles. The molecule has 0 fully saturated rings. The predicted octanol–water partition coefficient (Wildman–Crippen LogP) is 1.29. The second kappa shape index (κ2) is 3.21. The molecule has 0 radical (unpaired) electrons. The van der Waals surface area contributed by atoms with Gasteiger partial charge in [-0.25, -0.2) is 4.79 Å². The summed E-state index contributed by atoms with van der Waals surface area (Å²) in [5.41, 5.74) is 1.28. The van der Waals surface area contributed by atoms with Crippen molar-refractivity contribution in [3.8, 4) is 0 Å². The van der Waals surface area contributed by atoms with Crippen LogP contribution in [0.3, 0.4) is 0 Å². The number of nitrogens with one attached hydrogen (secondary N) is 1. The molecule has 0 saturated carbocycles. The molecule has 0 aromatic carbocycles. The number of rotatable bonds is 1. The van der Waals surface area contributed by atoms with Crippen LogP contribution in [0.2, 0.25) is 0 Å². The summed E-state index contributed by atoms with van der Waals surface area (Å²) in [6.45, 7) is 0. The Labute approximate surface area is 77.9 Å². The summed E-state index contributed by atoms with van der Waals surface area (Å²) in [5, 5.41) is 22.0. The van der Waals surface area contributed by atoms with E-state index in [1.807, 2.05) is 0 Å². The summed E-state index contributed by atoms with van der Waals surface area (Å²) in [4.78, 5) is 13.4. The molecule has 7 heteroatoms. The van der Waals surface area contributed by atoms with Crippen LogP contribution < -0.4 is 0 Å². The molecule has 0 saturated heterocycles. The molecule has 0 aliphatic carbocycles. The Morgan fingerprint density at radius 1 is 1.50 bits per heavy atom. The Bertz CT molecular complexity index is 443. The van der Waals surface area contributed by atoms with Crippen LogP contribution in [0, 0.1) is 0 Å². The van der Waals surface area contributed by atoms with Crippen LogP contribution >= 0.6 is 0 Å². The van der Waals surface area contributed by atoms with Gasteiger partial charge in [-0.3, -0.25) is 5.10 Å². The SMILES string of the molecule is O=C(O)N=C1C=C(c2cn[nH]c2)N=N1. The number of aromatic nitrogens is 2. The maximum atomic E-state index is 10.2. The van der Waals surface area contributed by atoms with E-state index in [0.717, 1.165) is 5.56 Å². The quantitative estimate of drug-likeness (QED) is 0.698. The number of amides is 1. The lowest BCUT2D eigenvalue weighted by Gasteiger charge is -1.85. The minimum Gasteiger partial charge on any atom is -0.463 e. The van der Waals surface area contributed by atoms with Gasteiger partial charge in [0.25, 0.3) is 0 Å². The number of H-pyrrole nitrogens is 1. The molecule has 1 aromatic heterocycles.